The molecule has 0 bridgehead atoms. The highest BCUT2D eigenvalue weighted by atomic mass is 19.1. The lowest BCUT2D eigenvalue weighted by Gasteiger charge is -2.02. The average Bonchev–Trinajstić information content (AvgIpc) is 2.28. The zero-order valence-electron chi connectivity index (χ0n) is 8.31. The molecule has 0 unspecified atom stereocenters. The second-order valence-electron chi connectivity index (χ2n) is 3.29. The monoisotopic (exact) mass is 213 g/mol. The molecule has 2 N–H and O–H groups in total. The fourth-order valence-electron chi connectivity index (χ4n) is 1.41. The summed E-state index contributed by atoms with van der Waals surface area (Å²) in [6.07, 6.45) is 0. The third-order valence-electron chi connectivity index (χ3n) is 2.09. The molecule has 16 heavy (non-hydrogen) atoms. The van der Waals surface area contributed by atoms with Gasteiger partial charge in [-0.2, -0.15) is 5.26 Å². The lowest BCUT2D eigenvalue weighted by Crippen LogP contribution is -1.92. The van der Waals surface area contributed by atoms with Crippen LogP contribution in [0, 0.1) is 17.1 Å². The third-order valence-corrected chi connectivity index (χ3v) is 2.09. The van der Waals surface area contributed by atoms with Crippen molar-refractivity contribution in [3.05, 3.63) is 47.8 Å². The van der Waals surface area contributed by atoms with Crippen molar-refractivity contribution in [2.45, 2.75) is 0 Å². The number of anilines is 1. The molecule has 0 spiro atoms. The van der Waals surface area contributed by atoms with E-state index in [0.717, 1.165) is 0 Å². The Labute approximate surface area is 92.0 Å². The number of rotatable bonds is 1. The van der Waals surface area contributed by atoms with Crippen LogP contribution >= 0.6 is 0 Å². The standard InChI is InChI=1S/C12H8FN3/c13-10-5-8(7-14)4-9(6-10)11-2-1-3-12(15)16-11/h1-6H,(H2,15,16). The number of hydrogen-bond donors (Lipinski definition) is 1. The van der Waals surface area contributed by atoms with Crippen molar-refractivity contribution in [1.82, 2.24) is 4.98 Å². The van der Waals surface area contributed by atoms with E-state index in [1.807, 2.05) is 6.07 Å². The van der Waals surface area contributed by atoms with Crippen molar-refractivity contribution in [2.24, 2.45) is 0 Å². The molecule has 0 atom stereocenters. The van der Waals surface area contributed by atoms with Gasteiger partial charge in [-0.1, -0.05) is 6.07 Å². The number of pyridine rings is 1. The zero-order chi connectivity index (χ0) is 11.5. The second kappa shape index (κ2) is 3.99. The molecule has 2 aromatic rings. The van der Waals surface area contributed by atoms with E-state index in [0.29, 0.717) is 17.1 Å². The average molecular weight is 213 g/mol. The molecule has 78 valence electrons. The van der Waals surface area contributed by atoms with Gasteiger partial charge in [0.25, 0.3) is 0 Å². The van der Waals surface area contributed by atoms with Crippen molar-refractivity contribution in [2.75, 3.05) is 5.73 Å². The fraction of sp³-hybridized carbons (Fsp3) is 0. The van der Waals surface area contributed by atoms with E-state index in [9.17, 15) is 4.39 Å². The largest absolute Gasteiger partial charge is 0.384 e. The first-order valence-corrected chi connectivity index (χ1v) is 4.62. The Morgan fingerprint density at radius 2 is 2.06 bits per heavy atom. The minimum Gasteiger partial charge on any atom is -0.384 e. The van der Waals surface area contributed by atoms with Crippen LogP contribution in [-0.4, -0.2) is 4.98 Å². The molecule has 1 aromatic heterocycles. The quantitative estimate of drug-likeness (QED) is 0.790. The summed E-state index contributed by atoms with van der Waals surface area (Å²) in [6.45, 7) is 0. The van der Waals surface area contributed by atoms with E-state index >= 15 is 0 Å². The van der Waals surface area contributed by atoms with Crippen LogP contribution in [0.15, 0.2) is 36.4 Å². The molecule has 0 saturated heterocycles. The number of aromatic nitrogens is 1. The molecule has 1 heterocycles. The van der Waals surface area contributed by atoms with Gasteiger partial charge in [0.1, 0.15) is 11.6 Å². The van der Waals surface area contributed by atoms with Gasteiger partial charge >= 0.3 is 0 Å². The predicted octanol–water partition coefficient (Wildman–Crippen LogP) is 2.34. The maximum absolute atomic E-state index is 13.2. The van der Waals surface area contributed by atoms with Crippen molar-refractivity contribution >= 4 is 5.82 Å². The summed E-state index contributed by atoms with van der Waals surface area (Å²) in [5.41, 5.74) is 6.89. The summed E-state index contributed by atoms with van der Waals surface area (Å²) in [5.74, 6) is -0.0986. The van der Waals surface area contributed by atoms with Gasteiger partial charge in [-0.25, -0.2) is 9.37 Å². The molecule has 0 aliphatic carbocycles. The maximum Gasteiger partial charge on any atom is 0.125 e. The Bertz CT molecular complexity index is 573. The molecule has 0 aliphatic heterocycles. The molecular formula is C12H8FN3. The third kappa shape index (κ3) is 1.98. The fourth-order valence-corrected chi connectivity index (χ4v) is 1.41. The van der Waals surface area contributed by atoms with Crippen LogP contribution in [0.4, 0.5) is 10.2 Å². The van der Waals surface area contributed by atoms with Crippen LogP contribution in [0.1, 0.15) is 5.56 Å². The highest BCUT2D eigenvalue weighted by Gasteiger charge is 2.04. The van der Waals surface area contributed by atoms with Crippen LogP contribution in [0.5, 0.6) is 0 Å². The van der Waals surface area contributed by atoms with Gasteiger partial charge in [-0.15, -0.1) is 0 Å². The van der Waals surface area contributed by atoms with E-state index in [1.165, 1.54) is 12.1 Å². The predicted molar refractivity (Wildman–Crippen MR) is 58.8 cm³/mol. The minimum absolute atomic E-state index is 0.263. The first kappa shape index (κ1) is 10.1. The summed E-state index contributed by atoms with van der Waals surface area (Å²) in [6, 6.07) is 11.1. The van der Waals surface area contributed by atoms with Gasteiger partial charge < -0.3 is 5.73 Å². The number of nitrogen functional groups attached to an aromatic ring is 1. The summed E-state index contributed by atoms with van der Waals surface area (Å²) in [7, 11) is 0. The number of nitrogens with zero attached hydrogens (tertiary/aromatic N) is 2. The Morgan fingerprint density at radius 3 is 2.75 bits per heavy atom. The van der Waals surface area contributed by atoms with Gasteiger partial charge in [0, 0.05) is 5.56 Å². The number of nitriles is 1. The molecule has 0 amide bonds. The van der Waals surface area contributed by atoms with Crippen molar-refractivity contribution in [1.29, 1.82) is 5.26 Å². The zero-order valence-corrected chi connectivity index (χ0v) is 8.31. The molecule has 0 fully saturated rings. The van der Waals surface area contributed by atoms with Gasteiger partial charge in [0.2, 0.25) is 0 Å². The molecule has 0 saturated carbocycles. The lowest BCUT2D eigenvalue weighted by atomic mass is 10.1. The van der Waals surface area contributed by atoms with Crippen LogP contribution in [0.25, 0.3) is 11.3 Å². The highest BCUT2D eigenvalue weighted by molar-refractivity contribution is 5.62. The van der Waals surface area contributed by atoms with E-state index < -0.39 is 5.82 Å². The number of halogens is 1. The molecule has 2 rings (SSSR count). The first-order valence-electron chi connectivity index (χ1n) is 4.62. The second-order valence-corrected chi connectivity index (χ2v) is 3.29. The molecule has 3 nitrogen and oxygen atoms in total. The molecule has 4 heteroatoms. The van der Waals surface area contributed by atoms with E-state index in [-0.39, 0.29) is 5.56 Å². The van der Waals surface area contributed by atoms with Crippen LogP contribution < -0.4 is 5.73 Å². The lowest BCUT2D eigenvalue weighted by molar-refractivity contribution is 0.628. The number of nitrogens with two attached hydrogens (primary N) is 1. The Balaban J connectivity index is 2.56. The maximum atomic E-state index is 13.2. The number of benzene rings is 1. The topological polar surface area (TPSA) is 62.7 Å². The van der Waals surface area contributed by atoms with Gasteiger partial charge in [-0.3, -0.25) is 0 Å². The normalized spacial score (nSPS) is 9.75. The first-order chi connectivity index (χ1) is 7.69. The van der Waals surface area contributed by atoms with E-state index in [2.05, 4.69) is 4.98 Å². The Kier molecular flexibility index (Phi) is 2.52. The van der Waals surface area contributed by atoms with Crippen LogP contribution in [-0.2, 0) is 0 Å². The smallest absolute Gasteiger partial charge is 0.125 e. The van der Waals surface area contributed by atoms with Crippen LogP contribution in [0.2, 0.25) is 0 Å². The van der Waals surface area contributed by atoms with Gasteiger partial charge in [-0.05, 0) is 30.3 Å². The summed E-state index contributed by atoms with van der Waals surface area (Å²) < 4.78 is 13.2. The molecular weight excluding hydrogens is 205 g/mol. The molecule has 0 aliphatic rings. The van der Waals surface area contributed by atoms with Crippen molar-refractivity contribution < 1.29 is 4.39 Å². The van der Waals surface area contributed by atoms with Crippen molar-refractivity contribution in [3.63, 3.8) is 0 Å². The molecule has 1 aromatic carbocycles. The van der Waals surface area contributed by atoms with E-state index in [1.54, 1.807) is 24.3 Å². The number of hydrogen-bond acceptors (Lipinski definition) is 3. The minimum atomic E-state index is -0.460. The Morgan fingerprint density at radius 1 is 1.25 bits per heavy atom. The summed E-state index contributed by atoms with van der Waals surface area (Å²) in [4.78, 5) is 4.06. The summed E-state index contributed by atoms with van der Waals surface area (Å²) in [5, 5.41) is 8.73. The van der Waals surface area contributed by atoms with Gasteiger partial charge in [0.15, 0.2) is 0 Å². The Hall–Kier alpha value is -2.41. The molecule has 0 radical (unpaired) electrons. The van der Waals surface area contributed by atoms with Gasteiger partial charge in [0.05, 0.1) is 17.3 Å². The van der Waals surface area contributed by atoms with Crippen molar-refractivity contribution in [3.8, 4) is 17.3 Å². The van der Waals surface area contributed by atoms with Crippen LogP contribution in [0.3, 0.4) is 0 Å². The highest BCUT2D eigenvalue weighted by Crippen LogP contribution is 2.20. The summed E-state index contributed by atoms with van der Waals surface area (Å²) >= 11 is 0. The van der Waals surface area contributed by atoms with E-state index in [4.69, 9.17) is 11.0 Å². The SMILES string of the molecule is N#Cc1cc(F)cc(-c2cccc(N)n2)c1.